The van der Waals surface area contributed by atoms with E-state index in [1.807, 2.05) is 6.07 Å². The topological polar surface area (TPSA) is 126 Å². The molecule has 4 heterocycles. The van der Waals surface area contributed by atoms with Crippen molar-refractivity contribution in [3.8, 4) is 12.0 Å². The van der Waals surface area contributed by atoms with Crippen molar-refractivity contribution in [1.82, 2.24) is 40.0 Å². The molecule has 0 radical (unpaired) electrons. The van der Waals surface area contributed by atoms with Crippen LogP contribution in [0.5, 0.6) is 0 Å². The Morgan fingerprint density at radius 1 is 1.26 bits per heavy atom. The Morgan fingerprint density at radius 3 is 2.79 bits per heavy atom. The molecule has 0 unspecified atom stereocenters. The molecular weight excluding hydrogens is 510 g/mol. The SMILES string of the molecule is Cc1c([C@H]2CN3CCN(C(=O)Cc4cnc(-n5cnnn5)nc4C(F)(F)F)C[C@H]3CO2)ccc(F)c1C#N. The fourth-order valence-electron chi connectivity index (χ4n) is 4.79. The first kappa shape index (κ1) is 25.6. The van der Waals surface area contributed by atoms with Crippen molar-refractivity contribution >= 4 is 5.91 Å². The molecule has 5 rings (SSSR count). The first-order valence-corrected chi connectivity index (χ1v) is 11.6. The molecule has 2 fully saturated rings. The zero-order valence-electron chi connectivity index (χ0n) is 20.1. The van der Waals surface area contributed by atoms with Gasteiger partial charge in [0, 0.05) is 37.9 Å². The van der Waals surface area contributed by atoms with Crippen molar-refractivity contribution < 1.29 is 27.1 Å². The number of halogens is 4. The summed E-state index contributed by atoms with van der Waals surface area (Å²) in [6, 6.07) is 4.59. The van der Waals surface area contributed by atoms with E-state index >= 15 is 0 Å². The van der Waals surface area contributed by atoms with Crippen molar-refractivity contribution in [3.05, 3.63) is 58.4 Å². The number of hydrogen-bond acceptors (Lipinski definition) is 9. The van der Waals surface area contributed by atoms with Crippen LogP contribution < -0.4 is 0 Å². The number of rotatable bonds is 4. The van der Waals surface area contributed by atoms with Crippen LogP contribution in [0.2, 0.25) is 0 Å². The molecule has 1 amide bonds. The summed E-state index contributed by atoms with van der Waals surface area (Å²) in [6.07, 6.45) is -3.67. The Labute approximate surface area is 213 Å². The third-order valence-electron chi connectivity index (χ3n) is 6.78. The van der Waals surface area contributed by atoms with Gasteiger partial charge in [0.05, 0.1) is 30.7 Å². The molecule has 2 atom stereocenters. The van der Waals surface area contributed by atoms with E-state index in [2.05, 4.69) is 30.4 Å². The number of tetrazole rings is 1. The second-order valence-electron chi connectivity index (χ2n) is 9.03. The highest BCUT2D eigenvalue weighted by Gasteiger charge is 2.39. The van der Waals surface area contributed by atoms with E-state index in [-0.39, 0.29) is 42.4 Å². The standard InChI is InChI=1S/C23H21F4N9O2/c1-13-16(2-3-18(24)17(13)7-28)19-10-34-4-5-35(9-15(34)11-38-19)20(37)6-14-8-29-22(36-12-30-32-33-36)31-21(14)23(25,26)27/h2-3,8,12,15,19H,4-6,9-11H2,1H3/t15-,19+/m0/s1. The van der Waals surface area contributed by atoms with Gasteiger partial charge in [-0.05, 0) is 34.5 Å². The molecule has 2 aromatic heterocycles. The third-order valence-corrected chi connectivity index (χ3v) is 6.78. The maximum Gasteiger partial charge on any atom is 0.433 e. The number of nitriles is 1. The summed E-state index contributed by atoms with van der Waals surface area (Å²) in [6.45, 7) is 3.51. The van der Waals surface area contributed by atoms with Crippen molar-refractivity contribution in [1.29, 1.82) is 5.26 Å². The van der Waals surface area contributed by atoms with Crippen LogP contribution in [0.15, 0.2) is 24.7 Å². The van der Waals surface area contributed by atoms with Crippen molar-refractivity contribution in [2.45, 2.75) is 31.7 Å². The van der Waals surface area contributed by atoms with Gasteiger partial charge in [-0.2, -0.15) is 23.1 Å². The minimum Gasteiger partial charge on any atom is -0.370 e. The smallest absolute Gasteiger partial charge is 0.370 e. The summed E-state index contributed by atoms with van der Waals surface area (Å²) in [5.41, 5.74) is -0.331. The highest BCUT2D eigenvalue weighted by Crippen LogP contribution is 2.33. The molecular formula is C23H21F4N9O2. The number of carbonyl (C=O) groups excluding carboxylic acids is 1. The minimum atomic E-state index is -4.81. The number of carbonyl (C=O) groups is 1. The fraction of sp³-hybridized carbons (Fsp3) is 0.435. The normalized spacial score (nSPS) is 20.2. The first-order chi connectivity index (χ1) is 18.2. The lowest BCUT2D eigenvalue weighted by Gasteiger charge is -2.46. The molecule has 0 aliphatic carbocycles. The Hall–Kier alpha value is -4.03. The van der Waals surface area contributed by atoms with Crippen LogP contribution in [-0.4, -0.2) is 84.7 Å². The quantitative estimate of drug-likeness (QED) is 0.462. The van der Waals surface area contributed by atoms with Crippen molar-refractivity contribution in [2.24, 2.45) is 0 Å². The summed E-state index contributed by atoms with van der Waals surface area (Å²) < 4.78 is 62.0. The van der Waals surface area contributed by atoms with Gasteiger partial charge < -0.3 is 9.64 Å². The molecule has 0 saturated carbocycles. The molecule has 198 valence electrons. The predicted octanol–water partition coefficient (Wildman–Crippen LogP) is 1.62. The van der Waals surface area contributed by atoms with Crippen LogP contribution in [0.1, 0.15) is 34.1 Å². The van der Waals surface area contributed by atoms with Crippen LogP contribution in [0, 0.1) is 24.1 Å². The molecule has 2 aliphatic rings. The average Bonchev–Trinajstić information content (AvgIpc) is 3.43. The van der Waals surface area contributed by atoms with E-state index < -0.39 is 30.0 Å². The molecule has 15 heteroatoms. The van der Waals surface area contributed by atoms with Gasteiger partial charge >= 0.3 is 6.18 Å². The van der Waals surface area contributed by atoms with Crippen LogP contribution >= 0.6 is 0 Å². The van der Waals surface area contributed by atoms with E-state index in [1.54, 1.807) is 13.0 Å². The van der Waals surface area contributed by atoms with E-state index in [0.717, 1.165) is 22.8 Å². The van der Waals surface area contributed by atoms with E-state index in [4.69, 9.17) is 4.74 Å². The number of ether oxygens (including phenoxy) is 1. The minimum absolute atomic E-state index is 0.0168. The highest BCUT2D eigenvalue weighted by atomic mass is 19.4. The molecule has 38 heavy (non-hydrogen) atoms. The summed E-state index contributed by atoms with van der Waals surface area (Å²) >= 11 is 0. The van der Waals surface area contributed by atoms with Crippen LogP contribution in [-0.2, 0) is 22.1 Å². The zero-order chi connectivity index (χ0) is 27.0. The van der Waals surface area contributed by atoms with Gasteiger partial charge in [0.25, 0.3) is 5.95 Å². The number of morpholine rings is 1. The second-order valence-corrected chi connectivity index (χ2v) is 9.03. The average molecular weight is 531 g/mol. The highest BCUT2D eigenvalue weighted by molar-refractivity contribution is 5.79. The largest absolute Gasteiger partial charge is 0.433 e. The molecule has 0 spiro atoms. The van der Waals surface area contributed by atoms with Crippen LogP contribution in [0.4, 0.5) is 17.6 Å². The molecule has 0 bridgehead atoms. The molecule has 1 aromatic carbocycles. The van der Waals surface area contributed by atoms with E-state index in [9.17, 15) is 27.6 Å². The van der Waals surface area contributed by atoms with Crippen LogP contribution in [0.25, 0.3) is 5.95 Å². The van der Waals surface area contributed by atoms with Gasteiger partial charge in [0.15, 0.2) is 5.69 Å². The predicted molar refractivity (Wildman–Crippen MR) is 120 cm³/mol. The Morgan fingerprint density at radius 2 is 2.08 bits per heavy atom. The summed E-state index contributed by atoms with van der Waals surface area (Å²) in [4.78, 5) is 24.1. The number of nitrogens with zero attached hydrogens (tertiary/aromatic N) is 9. The van der Waals surface area contributed by atoms with Crippen LogP contribution in [0.3, 0.4) is 0 Å². The zero-order valence-corrected chi connectivity index (χ0v) is 20.1. The summed E-state index contributed by atoms with van der Waals surface area (Å²) in [5, 5.41) is 19.5. The number of aromatic nitrogens is 6. The van der Waals surface area contributed by atoms with Gasteiger partial charge in [-0.15, -0.1) is 5.10 Å². The van der Waals surface area contributed by atoms with Gasteiger partial charge in [0.1, 0.15) is 18.2 Å². The third kappa shape index (κ3) is 4.92. The van der Waals surface area contributed by atoms with Crippen molar-refractivity contribution in [3.63, 3.8) is 0 Å². The Balaban J connectivity index is 1.26. The molecule has 3 aromatic rings. The fourth-order valence-corrected chi connectivity index (χ4v) is 4.79. The molecule has 2 saturated heterocycles. The maximum absolute atomic E-state index is 13.9. The van der Waals surface area contributed by atoms with E-state index in [0.29, 0.717) is 25.2 Å². The lowest BCUT2D eigenvalue weighted by molar-refractivity contribution is -0.143. The van der Waals surface area contributed by atoms with Gasteiger partial charge in [0.2, 0.25) is 5.91 Å². The summed E-state index contributed by atoms with van der Waals surface area (Å²) in [5.74, 6) is -1.43. The lowest BCUT2D eigenvalue weighted by Crippen LogP contribution is -2.59. The second kappa shape index (κ2) is 10.0. The van der Waals surface area contributed by atoms with Gasteiger partial charge in [-0.25, -0.2) is 14.4 Å². The monoisotopic (exact) mass is 531 g/mol. The molecule has 11 nitrogen and oxygen atoms in total. The number of piperazine rings is 1. The van der Waals surface area contributed by atoms with E-state index in [1.165, 1.54) is 11.0 Å². The van der Waals surface area contributed by atoms with Gasteiger partial charge in [-0.1, -0.05) is 6.07 Å². The lowest BCUT2D eigenvalue weighted by atomic mass is 9.96. The number of amides is 1. The Kier molecular flexibility index (Phi) is 6.76. The maximum atomic E-state index is 13.9. The number of alkyl halides is 3. The van der Waals surface area contributed by atoms with Crippen molar-refractivity contribution in [2.75, 3.05) is 32.8 Å². The Bertz CT molecular complexity index is 1390. The number of fused-ring (bicyclic) bond motifs is 1. The molecule has 2 aliphatic heterocycles. The number of hydrogen-bond donors (Lipinski definition) is 0. The summed E-state index contributed by atoms with van der Waals surface area (Å²) in [7, 11) is 0. The first-order valence-electron chi connectivity index (χ1n) is 11.6. The van der Waals surface area contributed by atoms with Gasteiger partial charge in [-0.3, -0.25) is 9.69 Å². The number of benzene rings is 1. The molecule has 0 N–H and O–H groups in total.